The zero-order chi connectivity index (χ0) is 12.5. The Kier molecular flexibility index (Phi) is 2.78. The Morgan fingerprint density at radius 1 is 1.39 bits per heavy atom. The summed E-state index contributed by atoms with van der Waals surface area (Å²) in [5.41, 5.74) is 2.78. The molecule has 0 spiro atoms. The predicted molar refractivity (Wildman–Crippen MR) is 70.5 cm³/mol. The van der Waals surface area contributed by atoms with Crippen molar-refractivity contribution >= 4 is 0 Å². The molecule has 1 aliphatic rings. The summed E-state index contributed by atoms with van der Waals surface area (Å²) in [6, 6.07) is 4.21. The lowest BCUT2D eigenvalue weighted by Gasteiger charge is -2.09. The first-order valence-corrected chi connectivity index (χ1v) is 6.49. The Morgan fingerprint density at radius 3 is 2.83 bits per heavy atom. The van der Waals surface area contributed by atoms with Crippen LogP contribution in [0.4, 0.5) is 0 Å². The Labute approximate surface area is 106 Å². The highest BCUT2D eigenvalue weighted by atomic mass is 16.1. The third-order valence-electron chi connectivity index (χ3n) is 3.79. The Balaban J connectivity index is 2.07. The monoisotopic (exact) mass is 243 g/mol. The van der Waals surface area contributed by atoms with E-state index in [2.05, 4.69) is 10.1 Å². The molecule has 1 fully saturated rings. The van der Waals surface area contributed by atoms with Crippen LogP contribution in [-0.4, -0.2) is 14.8 Å². The number of rotatable bonds is 2. The second-order valence-corrected chi connectivity index (χ2v) is 4.97. The lowest BCUT2D eigenvalue weighted by Crippen LogP contribution is -2.21. The van der Waals surface area contributed by atoms with Crippen LogP contribution in [0, 0.1) is 6.92 Å². The van der Waals surface area contributed by atoms with E-state index >= 15 is 0 Å². The van der Waals surface area contributed by atoms with E-state index in [1.165, 1.54) is 12.8 Å². The third kappa shape index (κ3) is 1.78. The van der Waals surface area contributed by atoms with Crippen LogP contribution in [0.2, 0.25) is 0 Å². The van der Waals surface area contributed by atoms with Gasteiger partial charge >= 0.3 is 0 Å². The molecule has 2 aromatic rings. The number of pyridine rings is 1. The second-order valence-electron chi connectivity index (χ2n) is 4.97. The molecule has 3 rings (SSSR count). The van der Waals surface area contributed by atoms with Crippen LogP contribution in [0.25, 0.3) is 11.3 Å². The molecular formula is C14H17N3O. The molecule has 0 aliphatic heterocycles. The Hall–Kier alpha value is -1.84. The van der Waals surface area contributed by atoms with E-state index in [-0.39, 0.29) is 5.56 Å². The van der Waals surface area contributed by atoms with Gasteiger partial charge in [-0.25, -0.2) is 4.68 Å². The molecule has 1 N–H and O–H groups in total. The largest absolute Gasteiger partial charge is 0.294 e. The molecule has 2 heterocycles. The minimum absolute atomic E-state index is 0.112. The maximum absolute atomic E-state index is 12.3. The van der Waals surface area contributed by atoms with Gasteiger partial charge in [0.2, 0.25) is 0 Å². The van der Waals surface area contributed by atoms with Gasteiger partial charge in [0, 0.05) is 23.5 Å². The van der Waals surface area contributed by atoms with Crippen LogP contribution in [0.15, 0.2) is 29.3 Å². The van der Waals surface area contributed by atoms with Crippen LogP contribution < -0.4 is 5.56 Å². The maximum atomic E-state index is 12.3. The lowest BCUT2D eigenvalue weighted by atomic mass is 10.1. The average molecular weight is 243 g/mol. The summed E-state index contributed by atoms with van der Waals surface area (Å²) in [6.07, 6.45) is 8.18. The first-order valence-electron chi connectivity index (χ1n) is 6.49. The molecule has 4 nitrogen and oxygen atoms in total. The fourth-order valence-electron chi connectivity index (χ4n) is 2.75. The number of hydrogen-bond acceptors (Lipinski definition) is 2. The molecule has 18 heavy (non-hydrogen) atoms. The molecule has 2 aromatic heterocycles. The van der Waals surface area contributed by atoms with Crippen molar-refractivity contribution in [1.82, 2.24) is 14.8 Å². The summed E-state index contributed by atoms with van der Waals surface area (Å²) < 4.78 is 1.81. The summed E-state index contributed by atoms with van der Waals surface area (Å²) in [5, 5.41) is 3.27. The SMILES string of the molecule is Cc1c(-c2cccnc2)[nH]n(C2CCCC2)c1=O. The van der Waals surface area contributed by atoms with Crippen molar-refractivity contribution < 1.29 is 0 Å². The van der Waals surface area contributed by atoms with E-state index in [1.54, 1.807) is 12.4 Å². The fraction of sp³-hybridized carbons (Fsp3) is 0.429. The summed E-state index contributed by atoms with van der Waals surface area (Å²) in [6.45, 7) is 1.88. The van der Waals surface area contributed by atoms with Crippen LogP contribution in [0.1, 0.15) is 37.3 Å². The summed E-state index contributed by atoms with van der Waals surface area (Å²) in [7, 11) is 0. The van der Waals surface area contributed by atoms with Crippen LogP contribution in [0.3, 0.4) is 0 Å². The molecule has 0 unspecified atom stereocenters. The smallest absolute Gasteiger partial charge is 0.270 e. The van der Waals surface area contributed by atoms with Gasteiger partial charge in [0.15, 0.2) is 0 Å². The lowest BCUT2D eigenvalue weighted by molar-refractivity contribution is 0.455. The van der Waals surface area contributed by atoms with E-state index in [1.807, 2.05) is 23.7 Å². The van der Waals surface area contributed by atoms with E-state index in [0.29, 0.717) is 6.04 Å². The zero-order valence-corrected chi connectivity index (χ0v) is 10.5. The molecule has 0 radical (unpaired) electrons. The summed E-state index contributed by atoms with van der Waals surface area (Å²) >= 11 is 0. The van der Waals surface area contributed by atoms with Crippen molar-refractivity contribution in [2.45, 2.75) is 38.6 Å². The molecular weight excluding hydrogens is 226 g/mol. The topological polar surface area (TPSA) is 50.7 Å². The summed E-state index contributed by atoms with van der Waals surface area (Å²) in [5.74, 6) is 0. The first-order chi connectivity index (χ1) is 8.77. The van der Waals surface area contributed by atoms with Gasteiger partial charge in [-0.1, -0.05) is 12.8 Å². The molecule has 0 aromatic carbocycles. The highest BCUT2D eigenvalue weighted by Gasteiger charge is 2.21. The van der Waals surface area contributed by atoms with Crippen molar-refractivity contribution in [3.8, 4) is 11.3 Å². The van der Waals surface area contributed by atoms with Gasteiger partial charge in [0.25, 0.3) is 5.56 Å². The number of nitrogens with one attached hydrogen (secondary N) is 1. The van der Waals surface area contributed by atoms with Crippen LogP contribution in [0.5, 0.6) is 0 Å². The fourth-order valence-corrected chi connectivity index (χ4v) is 2.75. The van der Waals surface area contributed by atoms with E-state index < -0.39 is 0 Å². The van der Waals surface area contributed by atoms with Crippen LogP contribution in [-0.2, 0) is 0 Å². The summed E-state index contributed by atoms with van der Waals surface area (Å²) in [4.78, 5) is 16.4. The number of H-pyrrole nitrogens is 1. The number of aromatic nitrogens is 3. The molecule has 4 heteroatoms. The molecule has 94 valence electrons. The molecule has 0 atom stereocenters. The van der Waals surface area contributed by atoms with E-state index in [0.717, 1.165) is 29.7 Å². The molecule has 1 saturated carbocycles. The minimum Gasteiger partial charge on any atom is -0.294 e. The van der Waals surface area contributed by atoms with Crippen molar-refractivity contribution in [1.29, 1.82) is 0 Å². The normalized spacial score (nSPS) is 16.3. The van der Waals surface area contributed by atoms with Gasteiger partial charge in [-0.05, 0) is 31.9 Å². The predicted octanol–water partition coefficient (Wildman–Crippen LogP) is 2.66. The highest BCUT2D eigenvalue weighted by Crippen LogP contribution is 2.29. The molecule has 0 bridgehead atoms. The van der Waals surface area contributed by atoms with Crippen molar-refractivity contribution in [2.24, 2.45) is 0 Å². The molecule has 0 saturated heterocycles. The van der Waals surface area contributed by atoms with Gasteiger partial charge in [0.05, 0.1) is 11.7 Å². The Bertz CT molecular complexity index is 591. The van der Waals surface area contributed by atoms with E-state index in [4.69, 9.17) is 0 Å². The van der Waals surface area contributed by atoms with Gasteiger partial charge in [-0.2, -0.15) is 0 Å². The Morgan fingerprint density at radius 2 is 2.17 bits per heavy atom. The molecule has 1 aliphatic carbocycles. The van der Waals surface area contributed by atoms with E-state index in [9.17, 15) is 4.79 Å². The quantitative estimate of drug-likeness (QED) is 0.881. The van der Waals surface area contributed by atoms with Crippen molar-refractivity contribution in [2.75, 3.05) is 0 Å². The van der Waals surface area contributed by atoms with Gasteiger partial charge in [0.1, 0.15) is 0 Å². The van der Waals surface area contributed by atoms with Crippen molar-refractivity contribution in [3.05, 3.63) is 40.4 Å². The molecule has 0 amide bonds. The van der Waals surface area contributed by atoms with Crippen LogP contribution >= 0.6 is 0 Å². The van der Waals surface area contributed by atoms with Gasteiger partial charge in [-0.3, -0.25) is 14.9 Å². The van der Waals surface area contributed by atoms with Crippen molar-refractivity contribution in [3.63, 3.8) is 0 Å². The highest BCUT2D eigenvalue weighted by molar-refractivity contribution is 5.60. The minimum atomic E-state index is 0.112. The maximum Gasteiger partial charge on any atom is 0.270 e. The van der Waals surface area contributed by atoms with Gasteiger partial charge < -0.3 is 0 Å². The van der Waals surface area contributed by atoms with Gasteiger partial charge in [-0.15, -0.1) is 0 Å². The second kappa shape index (κ2) is 4.44. The first kappa shape index (κ1) is 11.3. The third-order valence-corrected chi connectivity index (χ3v) is 3.79. The number of aromatic amines is 1. The zero-order valence-electron chi connectivity index (χ0n) is 10.5. The average Bonchev–Trinajstić information content (AvgIpc) is 3.01. The standard InChI is InChI=1S/C14H17N3O/c1-10-13(11-5-4-8-15-9-11)16-17(14(10)18)12-6-2-3-7-12/h4-5,8-9,12,16H,2-3,6-7H2,1H3. The number of hydrogen-bond donors (Lipinski definition) is 1. The number of nitrogens with zero attached hydrogens (tertiary/aromatic N) is 2.